The molecule has 0 bridgehead atoms. The number of thiazole rings is 1. The number of carbonyl (C=O) groups is 1. The molecular formula is C16H20N2O3S. The molecule has 5 nitrogen and oxygen atoms in total. The van der Waals surface area contributed by atoms with Crippen LogP contribution in [0.25, 0.3) is 0 Å². The third kappa shape index (κ3) is 4.46. The SMILES string of the molecule is COc1ccccc1OCc1nc(C(=O)NCC(C)C)cs1. The largest absolute Gasteiger partial charge is 0.493 e. The molecule has 0 saturated heterocycles. The Hall–Kier alpha value is -2.08. The van der Waals surface area contributed by atoms with Gasteiger partial charge in [0.25, 0.3) is 5.91 Å². The predicted octanol–water partition coefficient (Wildman–Crippen LogP) is 3.12. The first-order chi connectivity index (χ1) is 10.6. The number of hydrogen-bond acceptors (Lipinski definition) is 5. The van der Waals surface area contributed by atoms with Gasteiger partial charge in [0.1, 0.15) is 17.3 Å². The van der Waals surface area contributed by atoms with Gasteiger partial charge in [-0.25, -0.2) is 4.98 Å². The van der Waals surface area contributed by atoms with Gasteiger partial charge in [-0.05, 0) is 18.1 Å². The Morgan fingerprint density at radius 3 is 2.73 bits per heavy atom. The van der Waals surface area contributed by atoms with Crippen LogP contribution in [0.4, 0.5) is 0 Å². The zero-order valence-corrected chi connectivity index (χ0v) is 13.8. The van der Waals surface area contributed by atoms with Crippen molar-refractivity contribution in [2.45, 2.75) is 20.5 Å². The van der Waals surface area contributed by atoms with E-state index in [0.717, 1.165) is 5.01 Å². The molecule has 0 aliphatic rings. The minimum absolute atomic E-state index is 0.145. The molecule has 118 valence electrons. The number of carbonyl (C=O) groups excluding carboxylic acids is 1. The molecule has 0 saturated carbocycles. The Morgan fingerprint density at radius 2 is 2.05 bits per heavy atom. The van der Waals surface area contributed by atoms with Gasteiger partial charge in [0.15, 0.2) is 11.5 Å². The van der Waals surface area contributed by atoms with Gasteiger partial charge in [-0.3, -0.25) is 4.79 Å². The van der Waals surface area contributed by atoms with Crippen molar-refractivity contribution < 1.29 is 14.3 Å². The van der Waals surface area contributed by atoms with Crippen LogP contribution in [0.5, 0.6) is 11.5 Å². The second-order valence-electron chi connectivity index (χ2n) is 5.17. The van der Waals surface area contributed by atoms with E-state index < -0.39 is 0 Å². The summed E-state index contributed by atoms with van der Waals surface area (Å²) in [6, 6.07) is 7.43. The lowest BCUT2D eigenvalue weighted by molar-refractivity contribution is 0.0944. The van der Waals surface area contributed by atoms with Crippen molar-refractivity contribution in [3.8, 4) is 11.5 Å². The number of nitrogens with zero attached hydrogens (tertiary/aromatic N) is 1. The molecule has 0 atom stereocenters. The number of nitrogens with one attached hydrogen (secondary N) is 1. The van der Waals surface area contributed by atoms with E-state index in [1.165, 1.54) is 11.3 Å². The molecule has 1 heterocycles. The van der Waals surface area contributed by atoms with Crippen LogP contribution in [0.3, 0.4) is 0 Å². The van der Waals surface area contributed by atoms with E-state index >= 15 is 0 Å². The van der Waals surface area contributed by atoms with E-state index in [1.54, 1.807) is 12.5 Å². The topological polar surface area (TPSA) is 60.5 Å². The summed E-state index contributed by atoms with van der Waals surface area (Å²) in [6.07, 6.45) is 0. The summed E-state index contributed by atoms with van der Waals surface area (Å²) < 4.78 is 10.9. The maximum Gasteiger partial charge on any atom is 0.270 e. The highest BCUT2D eigenvalue weighted by molar-refractivity contribution is 7.09. The van der Waals surface area contributed by atoms with Gasteiger partial charge >= 0.3 is 0 Å². The number of benzene rings is 1. The van der Waals surface area contributed by atoms with Crippen LogP contribution in [0, 0.1) is 5.92 Å². The summed E-state index contributed by atoms with van der Waals surface area (Å²) in [5, 5.41) is 5.35. The summed E-state index contributed by atoms with van der Waals surface area (Å²) in [5.74, 6) is 1.60. The van der Waals surface area contributed by atoms with Crippen LogP contribution >= 0.6 is 11.3 Å². The molecular weight excluding hydrogens is 300 g/mol. The Kier molecular flexibility index (Phi) is 5.77. The average molecular weight is 320 g/mol. The minimum atomic E-state index is -0.145. The van der Waals surface area contributed by atoms with Crippen molar-refractivity contribution in [2.75, 3.05) is 13.7 Å². The van der Waals surface area contributed by atoms with Gasteiger partial charge in [-0.15, -0.1) is 11.3 Å². The van der Waals surface area contributed by atoms with Crippen LogP contribution in [-0.4, -0.2) is 24.5 Å². The fourth-order valence-corrected chi connectivity index (χ4v) is 2.43. The molecule has 0 aliphatic carbocycles. The second-order valence-corrected chi connectivity index (χ2v) is 6.11. The number of para-hydroxylation sites is 2. The van der Waals surface area contributed by atoms with E-state index in [4.69, 9.17) is 9.47 Å². The monoisotopic (exact) mass is 320 g/mol. The van der Waals surface area contributed by atoms with Gasteiger partial charge in [-0.1, -0.05) is 26.0 Å². The standard InChI is InChI=1S/C16H20N2O3S/c1-11(2)8-17-16(19)12-10-22-15(18-12)9-21-14-7-5-4-6-13(14)20-3/h4-7,10-11H,8-9H2,1-3H3,(H,17,19). The van der Waals surface area contributed by atoms with Crippen molar-refractivity contribution in [2.24, 2.45) is 5.92 Å². The number of amides is 1. The Labute approximate surface area is 134 Å². The average Bonchev–Trinajstić information content (AvgIpc) is 2.99. The molecule has 0 aliphatic heterocycles. The van der Waals surface area contributed by atoms with Crippen LogP contribution in [0.15, 0.2) is 29.6 Å². The van der Waals surface area contributed by atoms with Gasteiger partial charge in [-0.2, -0.15) is 0 Å². The minimum Gasteiger partial charge on any atom is -0.493 e. The summed E-state index contributed by atoms with van der Waals surface area (Å²) in [7, 11) is 1.60. The Balaban J connectivity index is 1.93. The highest BCUT2D eigenvalue weighted by atomic mass is 32.1. The molecule has 22 heavy (non-hydrogen) atoms. The number of methoxy groups -OCH3 is 1. The molecule has 6 heteroatoms. The highest BCUT2D eigenvalue weighted by Gasteiger charge is 2.12. The Morgan fingerprint density at radius 1 is 1.32 bits per heavy atom. The molecule has 1 aromatic heterocycles. The quantitative estimate of drug-likeness (QED) is 0.851. The van der Waals surface area contributed by atoms with Crippen molar-refractivity contribution in [3.05, 3.63) is 40.3 Å². The molecule has 1 N–H and O–H groups in total. The first-order valence-electron chi connectivity index (χ1n) is 7.08. The fraction of sp³-hybridized carbons (Fsp3) is 0.375. The van der Waals surface area contributed by atoms with Gasteiger partial charge in [0.05, 0.1) is 7.11 Å². The van der Waals surface area contributed by atoms with Crippen molar-refractivity contribution >= 4 is 17.2 Å². The maximum absolute atomic E-state index is 11.9. The smallest absolute Gasteiger partial charge is 0.270 e. The zero-order valence-electron chi connectivity index (χ0n) is 13.0. The summed E-state index contributed by atoms with van der Waals surface area (Å²) in [6.45, 7) is 5.05. The summed E-state index contributed by atoms with van der Waals surface area (Å²) in [4.78, 5) is 16.2. The molecule has 2 rings (SSSR count). The number of aromatic nitrogens is 1. The lowest BCUT2D eigenvalue weighted by atomic mass is 10.2. The third-order valence-electron chi connectivity index (χ3n) is 2.88. The number of hydrogen-bond donors (Lipinski definition) is 1. The molecule has 0 spiro atoms. The van der Waals surface area contributed by atoms with Crippen molar-refractivity contribution in [1.29, 1.82) is 0 Å². The first kappa shape index (κ1) is 16.3. The normalized spacial score (nSPS) is 10.5. The van der Waals surface area contributed by atoms with E-state index in [-0.39, 0.29) is 5.91 Å². The van der Waals surface area contributed by atoms with E-state index in [9.17, 15) is 4.79 Å². The van der Waals surface area contributed by atoms with Crippen molar-refractivity contribution in [1.82, 2.24) is 10.3 Å². The zero-order chi connectivity index (χ0) is 15.9. The van der Waals surface area contributed by atoms with E-state index in [0.29, 0.717) is 36.3 Å². The van der Waals surface area contributed by atoms with Crippen LogP contribution in [-0.2, 0) is 6.61 Å². The second kappa shape index (κ2) is 7.79. The fourth-order valence-electron chi connectivity index (χ4n) is 1.75. The number of ether oxygens (including phenoxy) is 2. The molecule has 1 amide bonds. The third-order valence-corrected chi connectivity index (χ3v) is 3.70. The first-order valence-corrected chi connectivity index (χ1v) is 7.96. The molecule has 0 radical (unpaired) electrons. The summed E-state index contributed by atoms with van der Waals surface area (Å²) in [5.41, 5.74) is 0.435. The highest BCUT2D eigenvalue weighted by Crippen LogP contribution is 2.27. The van der Waals surface area contributed by atoms with Crippen LogP contribution in [0.1, 0.15) is 29.3 Å². The van der Waals surface area contributed by atoms with Crippen LogP contribution < -0.4 is 14.8 Å². The van der Waals surface area contributed by atoms with E-state index in [1.807, 2.05) is 38.1 Å². The molecule has 0 fully saturated rings. The molecule has 1 aromatic carbocycles. The lowest BCUT2D eigenvalue weighted by Crippen LogP contribution is -2.27. The van der Waals surface area contributed by atoms with Gasteiger partial charge in [0, 0.05) is 11.9 Å². The molecule has 2 aromatic rings. The predicted molar refractivity (Wildman–Crippen MR) is 86.6 cm³/mol. The van der Waals surface area contributed by atoms with Gasteiger partial charge < -0.3 is 14.8 Å². The van der Waals surface area contributed by atoms with Gasteiger partial charge in [0.2, 0.25) is 0 Å². The maximum atomic E-state index is 11.9. The Bertz CT molecular complexity index is 625. The molecule has 0 unspecified atom stereocenters. The summed E-state index contributed by atoms with van der Waals surface area (Å²) >= 11 is 1.41. The van der Waals surface area contributed by atoms with Crippen molar-refractivity contribution in [3.63, 3.8) is 0 Å². The lowest BCUT2D eigenvalue weighted by Gasteiger charge is -2.08. The van der Waals surface area contributed by atoms with E-state index in [2.05, 4.69) is 10.3 Å². The van der Waals surface area contributed by atoms with Crippen LogP contribution in [0.2, 0.25) is 0 Å². The number of rotatable bonds is 7.